The first-order valence-corrected chi connectivity index (χ1v) is 20.9. The monoisotopic (exact) mass is 738 g/mol. The quantitative estimate of drug-likeness (QED) is 0.121. The summed E-state index contributed by atoms with van der Waals surface area (Å²) in [7, 11) is 0. The Morgan fingerprint density at radius 1 is 0.527 bits per heavy atom. The standard InChI is InChI=1S/C49H62N4O2/c1-9-11-13-15-29-49(30-16-14-12-10-2)43-31-39(52-33-50-45(54-52)35-17-21-37(22-18-35)47(3,4)5)25-27-41(43)42-28-26-40(32-44(42)49)53-34-51-46(55-53)36-19-23-38(24-20-36)48(6,7)8/h17-28,31-34,45-46H,9-16,29-30H2,1-8H3. The molecule has 2 atom stereocenters. The van der Waals surface area contributed by atoms with Gasteiger partial charge in [0, 0.05) is 16.5 Å². The first kappa shape index (κ1) is 39.0. The lowest BCUT2D eigenvalue weighted by atomic mass is 9.70. The Hall–Kier alpha value is -4.26. The van der Waals surface area contributed by atoms with Gasteiger partial charge in [-0.05, 0) is 81.3 Å². The number of nitrogens with zero attached hydrogens (tertiary/aromatic N) is 4. The topological polar surface area (TPSA) is 49.7 Å². The van der Waals surface area contributed by atoms with E-state index in [2.05, 4.69) is 140 Å². The lowest BCUT2D eigenvalue weighted by Crippen LogP contribution is -2.27. The van der Waals surface area contributed by atoms with Crippen LogP contribution >= 0.6 is 0 Å². The molecule has 290 valence electrons. The van der Waals surface area contributed by atoms with Crippen molar-refractivity contribution in [1.29, 1.82) is 0 Å². The summed E-state index contributed by atoms with van der Waals surface area (Å²) < 4.78 is 0. The number of aliphatic imine (C=N–C) groups is 2. The summed E-state index contributed by atoms with van der Waals surface area (Å²) in [5, 5.41) is 3.75. The lowest BCUT2D eigenvalue weighted by Gasteiger charge is -2.34. The SMILES string of the molecule is CCCCCCC1(CCCCCC)c2cc(N3C=NC(c4ccc(C(C)(C)C)cc4)O3)ccc2-c2ccc(N3C=NC(c4ccc(C(C)(C)C)cc4)O3)cc21. The molecule has 6 heteroatoms. The van der Waals surface area contributed by atoms with E-state index < -0.39 is 0 Å². The molecule has 0 spiro atoms. The van der Waals surface area contributed by atoms with Crippen LogP contribution in [0.1, 0.15) is 165 Å². The van der Waals surface area contributed by atoms with E-state index in [-0.39, 0.29) is 28.7 Å². The van der Waals surface area contributed by atoms with Crippen molar-refractivity contribution in [3.63, 3.8) is 0 Å². The molecule has 2 aliphatic heterocycles. The van der Waals surface area contributed by atoms with E-state index in [9.17, 15) is 0 Å². The van der Waals surface area contributed by atoms with Crippen LogP contribution in [-0.4, -0.2) is 12.7 Å². The van der Waals surface area contributed by atoms with Crippen molar-refractivity contribution < 1.29 is 9.68 Å². The third-order valence-electron chi connectivity index (χ3n) is 11.9. The highest BCUT2D eigenvalue weighted by molar-refractivity contribution is 5.88. The molecule has 0 radical (unpaired) electrons. The van der Waals surface area contributed by atoms with Crippen molar-refractivity contribution in [3.05, 3.63) is 118 Å². The molecule has 0 fully saturated rings. The van der Waals surface area contributed by atoms with Crippen LogP contribution in [0.2, 0.25) is 0 Å². The summed E-state index contributed by atoms with van der Waals surface area (Å²) in [6.07, 6.45) is 15.0. The average Bonchev–Trinajstić information content (AvgIpc) is 3.93. The van der Waals surface area contributed by atoms with Crippen LogP contribution < -0.4 is 10.1 Å². The van der Waals surface area contributed by atoms with E-state index in [1.165, 1.54) is 84.7 Å². The Bertz CT molecular complexity index is 1840. The third kappa shape index (κ3) is 8.18. The van der Waals surface area contributed by atoms with E-state index in [0.29, 0.717) is 0 Å². The Kier molecular flexibility index (Phi) is 11.4. The van der Waals surface area contributed by atoms with Crippen LogP contribution in [0.5, 0.6) is 0 Å². The van der Waals surface area contributed by atoms with Gasteiger partial charge in [0.2, 0.25) is 12.5 Å². The van der Waals surface area contributed by atoms with E-state index >= 15 is 0 Å². The molecular formula is C49H62N4O2. The van der Waals surface area contributed by atoms with Gasteiger partial charge in [-0.15, -0.1) is 0 Å². The third-order valence-corrected chi connectivity index (χ3v) is 11.9. The van der Waals surface area contributed by atoms with Gasteiger partial charge in [-0.25, -0.2) is 29.8 Å². The molecule has 0 N–H and O–H groups in total. The first-order chi connectivity index (χ1) is 26.4. The van der Waals surface area contributed by atoms with E-state index in [1.54, 1.807) is 0 Å². The molecule has 0 aromatic heterocycles. The minimum Gasteiger partial charge on any atom is -0.236 e. The number of hydroxylamine groups is 2. The van der Waals surface area contributed by atoms with Gasteiger partial charge in [0.05, 0.1) is 11.4 Å². The predicted octanol–water partition coefficient (Wildman–Crippen LogP) is 13.4. The lowest BCUT2D eigenvalue weighted by molar-refractivity contribution is 0.0874. The molecule has 55 heavy (non-hydrogen) atoms. The van der Waals surface area contributed by atoms with E-state index in [0.717, 1.165) is 35.3 Å². The zero-order chi connectivity index (χ0) is 38.8. The molecule has 4 aromatic carbocycles. The number of fused-ring (bicyclic) bond motifs is 3. The Morgan fingerprint density at radius 2 is 0.927 bits per heavy atom. The highest BCUT2D eigenvalue weighted by Gasteiger charge is 2.43. The average molecular weight is 739 g/mol. The molecule has 7 rings (SSSR count). The van der Waals surface area contributed by atoms with Crippen molar-refractivity contribution in [2.45, 2.75) is 148 Å². The summed E-state index contributed by atoms with van der Waals surface area (Å²) in [6, 6.07) is 31.2. The number of rotatable bonds is 14. The molecule has 0 bridgehead atoms. The highest BCUT2D eigenvalue weighted by atomic mass is 16.7. The van der Waals surface area contributed by atoms with Crippen LogP contribution in [0.15, 0.2) is 94.9 Å². The number of hydrogen-bond donors (Lipinski definition) is 0. The summed E-state index contributed by atoms with van der Waals surface area (Å²) in [5.74, 6) is 0. The smallest absolute Gasteiger partial charge is 0.202 e. The summed E-state index contributed by atoms with van der Waals surface area (Å²) in [6.45, 7) is 18.1. The zero-order valence-corrected chi connectivity index (χ0v) is 34.6. The highest BCUT2D eigenvalue weighted by Crippen LogP contribution is 2.56. The van der Waals surface area contributed by atoms with Crippen LogP contribution in [0.25, 0.3) is 11.1 Å². The van der Waals surface area contributed by atoms with Gasteiger partial charge in [-0.3, -0.25) is 0 Å². The summed E-state index contributed by atoms with van der Waals surface area (Å²) in [5.41, 5.74) is 12.3. The number of anilines is 2. The van der Waals surface area contributed by atoms with E-state index in [1.807, 2.05) is 22.8 Å². The number of hydrogen-bond acceptors (Lipinski definition) is 6. The van der Waals surface area contributed by atoms with Gasteiger partial charge in [0.1, 0.15) is 12.7 Å². The maximum Gasteiger partial charge on any atom is 0.202 e. The molecule has 4 aromatic rings. The Labute approximate surface area is 330 Å². The van der Waals surface area contributed by atoms with Crippen molar-refractivity contribution in [3.8, 4) is 11.1 Å². The molecule has 3 aliphatic rings. The van der Waals surface area contributed by atoms with Gasteiger partial charge in [0.15, 0.2) is 0 Å². The minimum absolute atomic E-state index is 0.100. The molecule has 1 aliphatic carbocycles. The van der Waals surface area contributed by atoms with Crippen LogP contribution in [0.4, 0.5) is 11.4 Å². The maximum atomic E-state index is 6.52. The molecule has 2 unspecified atom stereocenters. The second-order valence-electron chi connectivity index (χ2n) is 18.0. The van der Waals surface area contributed by atoms with E-state index in [4.69, 9.17) is 19.7 Å². The largest absolute Gasteiger partial charge is 0.236 e. The van der Waals surface area contributed by atoms with Gasteiger partial charge < -0.3 is 0 Å². The van der Waals surface area contributed by atoms with Crippen molar-refractivity contribution in [1.82, 2.24) is 0 Å². The molecule has 2 heterocycles. The predicted molar refractivity (Wildman–Crippen MR) is 230 cm³/mol. The fourth-order valence-electron chi connectivity index (χ4n) is 8.53. The van der Waals surface area contributed by atoms with Gasteiger partial charge in [0.25, 0.3) is 0 Å². The molecule has 0 amide bonds. The molecule has 0 saturated carbocycles. The second kappa shape index (κ2) is 16.1. The van der Waals surface area contributed by atoms with Crippen LogP contribution in [-0.2, 0) is 25.9 Å². The summed E-state index contributed by atoms with van der Waals surface area (Å²) >= 11 is 0. The number of benzene rings is 4. The second-order valence-corrected chi connectivity index (χ2v) is 18.0. The molecular weight excluding hydrogens is 677 g/mol. The van der Waals surface area contributed by atoms with Crippen molar-refractivity contribution in [2.24, 2.45) is 9.98 Å². The zero-order valence-electron chi connectivity index (χ0n) is 34.6. The van der Waals surface area contributed by atoms with Crippen LogP contribution in [0.3, 0.4) is 0 Å². The molecule has 6 nitrogen and oxygen atoms in total. The van der Waals surface area contributed by atoms with Crippen molar-refractivity contribution >= 4 is 24.1 Å². The maximum absolute atomic E-state index is 6.52. The Morgan fingerprint density at radius 3 is 1.29 bits per heavy atom. The fraction of sp³-hybridized carbons (Fsp3) is 0.469. The summed E-state index contributed by atoms with van der Waals surface area (Å²) in [4.78, 5) is 22.7. The minimum atomic E-state index is -0.364. The Balaban J connectivity index is 1.19. The normalized spacial score (nSPS) is 18.7. The number of unbranched alkanes of at least 4 members (excludes halogenated alkanes) is 6. The fourth-order valence-corrected chi connectivity index (χ4v) is 8.53. The van der Waals surface area contributed by atoms with Crippen molar-refractivity contribution in [2.75, 3.05) is 10.1 Å². The van der Waals surface area contributed by atoms with Crippen LogP contribution in [0, 0.1) is 0 Å². The van der Waals surface area contributed by atoms with Gasteiger partial charge in [-0.2, -0.15) is 0 Å². The van der Waals surface area contributed by atoms with Gasteiger partial charge >= 0.3 is 0 Å². The van der Waals surface area contributed by atoms with Gasteiger partial charge in [-0.1, -0.05) is 167 Å². The first-order valence-electron chi connectivity index (χ1n) is 20.9. The molecule has 0 saturated heterocycles.